The van der Waals surface area contributed by atoms with Gasteiger partial charge in [-0.1, -0.05) is 19.4 Å². The predicted molar refractivity (Wildman–Crippen MR) is 89.7 cm³/mol. The highest BCUT2D eigenvalue weighted by Gasteiger charge is 2.34. The number of guanidine groups is 1. The zero-order chi connectivity index (χ0) is 16.0. The number of aliphatic imine (C=N–C) groups is 1. The third kappa shape index (κ3) is 3.87. The summed E-state index contributed by atoms with van der Waals surface area (Å²) in [6, 6.07) is 0. The summed E-state index contributed by atoms with van der Waals surface area (Å²) in [5.41, 5.74) is 0.456. The van der Waals surface area contributed by atoms with Crippen molar-refractivity contribution in [1.82, 2.24) is 25.4 Å². The summed E-state index contributed by atoms with van der Waals surface area (Å²) in [5, 5.41) is 15.0. The van der Waals surface area contributed by atoms with Crippen molar-refractivity contribution < 1.29 is 0 Å². The van der Waals surface area contributed by atoms with Crippen molar-refractivity contribution in [2.45, 2.75) is 46.1 Å². The minimum atomic E-state index is 0.456. The Morgan fingerprint density at radius 2 is 2.18 bits per heavy atom. The van der Waals surface area contributed by atoms with E-state index in [1.54, 1.807) is 0 Å². The van der Waals surface area contributed by atoms with Crippen molar-refractivity contribution in [1.29, 1.82) is 0 Å². The van der Waals surface area contributed by atoms with Crippen LogP contribution in [-0.2, 0) is 13.6 Å². The molecule has 0 amide bonds. The monoisotopic (exact) mass is 304 g/mol. The summed E-state index contributed by atoms with van der Waals surface area (Å²) in [6.45, 7) is 10.2. The average Bonchev–Trinajstić information content (AvgIpc) is 2.80. The SMILES string of the molecule is C=CCNC(=NCc1nnc(C)n1C)NCC1(CC)CCC1. The first-order valence-corrected chi connectivity index (χ1v) is 8.08. The van der Waals surface area contributed by atoms with Gasteiger partial charge >= 0.3 is 0 Å². The van der Waals surface area contributed by atoms with E-state index in [1.807, 2.05) is 24.6 Å². The fourth-order valence-electron chi connectivity index (χ4n) is 2.68. The van der Waals surface area contributed by atoms with Crippen LogP contribution < -0.4 is 10.6 Å². The second-order valence-corrected chi connectivity index (χ2v) is 6.12. The van der Waals surface area contributed by atoms with Crippen LogP contribution in [0.5, 0.6) is 0 Å². The second-order valence-electron chi connectivity index (χ2n) is 6.12. The molecule has 0 saturated heterocycles. The van der Waals surface area contributed by atoms with Gasteiger partial charge in [-0.2, -0.15) is 0 Å². The van der Waals surface area contributed by atoms with E-state index in [0.29, 0.717) is 18.5 Å². The van der Waals surface area contributed by atoms with Crippen molar-refractivity contribution in [2.24, 2.45) is 17.5 Å². The molecule has 0 unspecified atom stereocenters. The molecular formula is C16H28N6. The minimum absolute atomic E-state index is 0.456. The maximum absolute atomic E-state index is 4.62. The highest BCUT2D eigenvalue weighted by molar-refractivity contribution is 5.79. The zero-order valence-corrected chi connectivity index (χ0v) is 14.0. The Balaban J connectivity index is 1.96. The van der Waals surface area contributed by atoms with Crippen LogP contribution in [0.3, 0.4) is 0 Å². The Bertz CT molecular complexity index is 521. The largest absolute Gasteiger partial charge is 0.356 e. The highest BCUT2D eigenvalue weighted by Crippen LogP contribution is 2.42. The van der Waals surface area contributed by atoms with Gasteiger partial charge in [-0.15, -0.1) is 16.8 Å². The van der Waals surface area contributed by atoms with Crippen LogP contribution >= 0.6 is 0 Å². The number of nitrogens with one attached hydrogen (secondary N) is 2. The maximum atomic E-state index is 4.62. The van der Waals surface area contributed by atoms with Gasteiger partial charge in [0.2, 0.25) is 0 Å². The average molecular weight is 304 g/mol. The molecule has 1 heterocycles. The van der Waals surface area contributed by atoms with Gasteiger partial charge in [0.25, 0.3) is 0 Å². The van der Waals surface area contributed by atoms with Gasteiger partial charge in [-0.3, -0.25) is 0 Å². The number of nitrogens with zero attached hydrogens (tertiary/aromatic N) is 4. The highest BCUT2D eigenvalue weighted by atomic mass is 15.3. The molecule has 1 aromatic rings. The van der Waals surface area contributed by atoms with Crippen LogP contribution in [0.4, 0.5) is 0 Å². The Morgan fingerprint density at radius 3 is 2.68 bits per heavy atom. The summed E-state index contributed by atoms with van der Waals surface area (Å²) in [7, 11) is 1.96. The number of aromatic nitrogens is 3. The van der Waals surface area contributed by atoms with Gasteiger partial charge < -0.3 is 15.2 Å². The number of hydrogen-bond acceptors (Lipinski definition) is 3. The quantitative estimate of drug-likeness (QED) is 0.459. The van der Waals surface area contributed by atoms with Gasteiger partial charge in [0.05, 0.1) is 0 Å². The second kappa shape index (κ2) is 7.42. The Kier molecular flexibility index (Phi) is 5.57. The summed E-state index contributed by atoms with van der Waals surface area (Å²) in [4.78, 5) is 4.62. The normalized spacial score (nSPS) is 17.0. The molecule has 22 heavy (non-hydrogen) atoms. The molecule has 0 bridgehead atoms. The van der Waals surface area contributed by atoms with Crippen molar-refractivity contribution >= 4 is 5.96 Å². The van der Waals surface area contributed by atoms with Crippen LogP contribution in [0.15, 0.2) is 17.6 Å². The van der Waals surface area contributed by atoms with Crippen LogP contribution in [0.1, 0.15) is 44.3 Å². The lowest BCUT2D eigenvalue weighted by molar-refractivity contribution is 0.131. The fourth-order valence-corrected chi connectivity index (χ4v) is 2.68. The number of aryl methyl sites for hydroxylation is 1. The van der Waals surface area contributed by atoms with E-state index in [-0.39, 0.29) is 0 Å². The molecule has 6 heteroatoms. The van der Waals surface area contributed by atoms with Crippen LogP contribution in [0, 0.1) is 12.3 Å². The molecule has 0 atom stereocenters. The smallest absolute Gasteiger partial charge is 0.191 e. The molecule has 122 valence electrons. The zero-order valence-electron chi connectivity index (χ0n) is 14.0. The lowest BCUT2D eigenvalue weighted by Gasteiger charge is -2.41. The predicted octanol–water partition coefficient (Wildman–Crippen LogP) is 1.93. The van der Waals surface area contributed by atoms with E-state index in [1.165, 1.54) is 25.7 Å². The first kappa shape index (κ1) is 16.5. The summed E-state index contributed by atoms with van der Waals surface area (Å²) in [6.07, 6.45) is 7.03. The summed E-state index contributed by atoms with van der Waals surface area (Å²) < 4.78 is 1.97. The summed E-state index contributed by atoms with van der Waals surface area (Å²) >= 11 is 0. The number of hydrogen-bond donors (Lipinski definition) is 2. The van der Waals surface area contributed by atoms with E-state index in [4.69, 9.17) is 0 Å². The molecule has 2 N–H and O–H groups in total. The molecule has 0 aromatic carbocycles. The molecule has 2 rings (SSSR count). The van der Waals surface area contributed by atoms with E-state index in [9.17, 15) is 0 Å². The molecule has 6 nitrogen and oxygen atoms in total. The van der Waals surface area contributed by atoms with Crippen LogP contribution in [-0.4, -0.2) is 33.8 Å². The first-order chi connectivity index (χ1) is 10.6. The maximum Gasteiger partial charge on any atom is 0.191 e. The van der Waals surface area contributed by atoms with Crippen molar-refractivity contribution in [2.75, 3.05) is 13.1 Å². The van der Waals surface area contributed by atoms with Gasteiger partial charge in [0, 0.05) is 20.1 Å². The van der Waals surface area contributed by atoms with E-state index in [2.05, 4.69) is 39.3 Å². The van der Waals surface area contributed by atoms with Crippen molar-refractivity contribution in [3.8, 4) is 0 Å². The molecule has 0 radical (unpaired) electrons. The Labute approximate surface area is 133 Å². The third-order valence-electron chi connectivity index (χ3n) is 4.77. The molecule has 0 aliphatic heterocycles. The first-order valence-electron chi connectivity index (χ1n) is 8.08. The van der Waals surface area contributed by atoms with E-state index >= 15 is 0 Å². The standard InChI is InChI=1S/C16H28N6/c1-5-10-17-15(19-12-16(6-2)8-7-9-16)18-11-14-21-20-13(3)22(14)4/h5H,1,6-12H2,2-4H3,(H2,17,18,19). The molecule has 1 fully saturated rings. The topological polar surface area (TPSA) is 67.1 Å². The fraction of sp³-hybridized carbons (Fsp3) is 0.688. The van der Waals surface area contributed by atoms with Crippen molar-refractivity contribution in [3.05, 3.63) is 24.3 Å². The van der Waals surface area contributed by atoms with Crippen LogP contribution in [0.25, 0.3) is 0 Å². The van der Waals surface area contributed by atoms with Crippen molar-refractivity contribution in [3.63, 3.8) is 0 Å². The molecule has 1 saturated carbocycles. The molecule has 1 aromatic heterocycles. The lowest BCUT2D eigenvalue weighted by Crippen LogP contribution is -2.46. The minimum Gasteiger partial charge on any atom is -0.356 e. The van der Waals surface area contributed by atoms with Gasteiger partial charge in [-0.05, 0) is 31.6 Å². The van der Waals surface area contributed by atoms with Crippen LogP contribution in [0.2, 0.25) is 0 Å². The Hall–Kier alpha value is -1.85. The van der Waals surface area contributed by atoms with Gasteiger partial charge in [0.1, 0.15) is 12.4 Å². The summed E-state index contributed by atoms with van der Waals surface area (Å²) in [5.74, 6) is 2.59. The van der Waals surface area contributed by atoms with E-state index < -0.39 is 0 Å². The molecular weight excluding hydrogens is 276 g/mol. The van der Waals surface area contributed by atoms with Gasteiger partial charge in [-0.25, -0.2) is 4.99 Å². The number of rotatable bonds is 7. The van der Waals surface area contributed by atoms with Gasteiger partial charge in [0.15, 0.2) is 11.8 Å². The molecule has 0 spiro atoms. The van der Waals surface area contributed by atoms with E-state index in [0.717, 1.165) is 24.2 Å². The third-order valence-corrected chi connectivity index (χ3v) is 4.77. The molecule has 1 aliphatic rings. The molecule has 1 aliphatic carbocycles. The Morgan fingerprint density at radius 1 is 1.41 bits per heavy atom. The lowest BCUT2D eigenvalue weighted by atomic mass is 9.67.